The van der Waals surface area contributed by atoms with E-state index in [1.54, 1.807) is 24.4 Å². The van der Waals surface area contributed by atoms with Crippen molar-refractivity contribution in [2.45, 2.75) is 10.8 Å². The Labute approximate surface area is 118 Å². The first-order chi connectivity index (χ1) is 8.70. The summed E-state index contributed by atoms with van der Waals surface area (Å²) >= 11 is 8.95. The fraction of sp³-hybridized carbons (Fsp3) is 0.0909. The molecule has 0 unspecified atom stereocenters. The summed E-state index contributed by atoms with van der Waals surface area (Å²) in [7, 11) is 0. The molecular weight excluding hydrogens is 290 g/mol. The summed E-state index contributed by atoms with van der Waals surface area (Å²) in [6.45, 7) is 0. The van der Waals surface area contributed by atoms with E-state index >= 15 is 0 Å². The lowest BCUT2D eigenvalue weighted by Crippen LogP contribution is -2.29. The molecule has 1 amide bonds. The summed E-state index contributed by atoms with van der Waals surface area (Å²) in [4.78, 5) is 17.1. The number of amides is 1. The fourth-order valence-electron chi connectivity index (χ4n) is 1.27. The van der Waals surface area contributed by atoms with E-state index in [0.29, 0.717) is 9.90 Å². The van der Waals surface area contributed by atoms with E-state index < -0.39 is 0 Å². The van der Waals surface area contributed by atoms with E-state index in [4.69, 9.17) is 17.4 Å². The lowest BCUT2D eigenvalue weighted by molar-refractivity contribution is 0.0957. The molecule has 7 heteroatoms. The van der Waals surface area contributed by atoms with Crippen LogP contribution in [0.3, 0.4) is 0 Å². The molecule has 0 spiro atoms. The maximum absolute atomic E-state index is 11.3. The first kappa shape index (κ1) is 13.4. The van der Waals surface area contributed by atoms with Crippen molar-refractivity contribution in [2.75, 3.05) is 0 Å². The van der Waals surface area contributed by atoms with Crippen molar-refractivity contribution >= 4 is 40.6 Å². The molecule has 0 radical (unpaired) electrons. The summed E-state index contributed by atoms with van der Waals surface area (Å²) in [6.07, 6.45) is 1.70. The van der Waals surface area contributed by atoms with Crippen molar-refractivity contribution in [1.29, 1.82) is 0 Å². The number of nitrogens with two attached hydrogens (primary N) is 1. The van der Waals surface area contributed by atoms with Gasteiger partial charge < -0.3 is 0 Å². The third kappa shape index (κ3) is 3.23. The van der Waals surface area contributed by atoms with Gasteiger partial charge in [0.15, 0.2) is 0 Å². The largest absolute Gasteiger partial charge is 0.289 e. The summed E-state index contributed by atoms with van der Waals surface area (Å²) in [6, 6.07) is 7.25. The molecule has 94 valence electrons. The Morgan fingerprint density at radius 1 is 1.50 bits per heavy atom. The predicted octanol–water partition coefficient (Wildman–Crippen LogP) is 2.69. The number of hydrogen-bond donors (Lipinski definition) is 2. The molecule has 0 saturated heterocycles. The van der Waals surface area contributed by atoms with Crippen molar-refractivity contribution in [1.82, 2.24) is 10.4 Å². The van der Waals surface area contributed by atoms with Gasteiger partial charge in [-0.05, 0) is 24.3 Å². The van der Waals surface area contributed by atoms with Crippen molar-refractivity contribution in [3.63, 3.8) is 0 Å². The minimum absolute atomic E-state index is 0.271. The highest BCUT2D eigenvalue weighted by molar-refractivity contribution is 7.98. The van der Waals surface area contributed by atoms with Crippen LogP contribution in [-0.4, -0.2) is 10.9 Å². The van der Waals surface area contributed by atoms with Crippen molar-refractivity contribution in [3.05, 3.63) is 45.2 Å². The highest BCUT2D eigenvalue weighted by Crippen LogP contribution is 2.29. The van der Waals surface area contributed by atoms with Crippen molar-refractivity contribution in [3.8, 4) is 0 Å². The van der Waals surface area contributed by atoms with E-state index in [1.807, 2.05) is 6.07 Å². The zero-order valence-corrected chi connectivity index (χ0v) is 11.6. The summed E-state index contributed by atoms with van der Waals surface area (Å²) in [5, 5.41) is 1.43. The maximum atomic E-state index is 11.3. The number of aromatic nitrogens is 1. The monoisotopic (exact) mass is 299 g/mol. The molecule has 18 heavy (non-hydrogen) atoms. The van der Waals surface area contributed by atoms with Crippen LogP contribution in [0.4, 0.5) is 0 Å². The van der Waals surface area contributed by atoms with Gasteiger partial charge in [0.05, 0.1) is 9.90 Å². The maximum Gasteiger partial charge on any atom is 0.275 e. The Hall–Kier alpha value is -1.08. The molecule has 0 aliphatic heterocycles. The number of thiophene rings is 1. The zero-order chi connectivity index (χ0) is 13.0. The van der Waals surface area contributed by atoms with Gasteiger partial charge in [-0.1, -0.05) is 23.4 Å². The second kappa shape index (κ2) is 6.19. The van der Waals surface area contributed by atoms with Gasteiger partial charge in [-0.2, -0.15) is 0 Å². The Kier molecular flexibility index (Phi) is 4.60. The number of nitrogen functional groups attached to an aromatic ring is 1. The van der Waals surface area contributed by atoms with Crippen LogP contribution in [0.5, 0.6) is 0 Å². The van der Waals surface area contributed by atoms with Crippen molar-refractivity contribution in [2.24, 2.45) is 5.84 Å². The third-order valence-corrected chi connectivity index (χ3v) is 4.83. The Morgan fingerprint density at radius 2 is 2.33 bits per heavy atom. The average Bonchev–Trinajstić information content (AvgIpc) is 2.86. The number of carbonyl (C=O) groups is 1. The number of rotatable bonds is 4. The average molecular weight is 300 g/mol. The van der Waals surface area contributed by atoms with Crippen LogP contribution in [0.25, 0.3) is 0 Å². The highest BCUT2D eigenvalue weighted by atomic mass is 35.5. The Morgan fingerprint density at radius 3 is 3.06 bits per heavy atom. The summed E-state index contributed by atoms with van der Waals surface area (Å²) in [5.41, 5.74) is 2.11. The molecule has 2 heterocycles. The SMILES string of the molecule is NNC(=O)c1ccc(CSc2ncccc2Cl)s1. The van der Waals surface area contributed by atoms with E-state index in [1.165, 1.54) is 23.1 Å². The number of carbonyl (C=O) groups excluding carboxylic acids is 1. The molecule has 0 aliphatic carbocycles. The van der Waals surface area contributed by atoms with E-state index in [-0.39, 0.29) is 5.91 Å². The molecule has 4 nitrogen and oxygen atoms in total. The first-order valence-corrected chi connectivity index (χ1v) is 7.21. The van der Waals surface area contributed by atoms with Gasteiger partial charge in [0.2, 0.25) is 0 Å². The van der Waals surface area contributed by atoms with Gasteiger partial charge in [-0.25, -0.2) is 10.8 Å². The summed E-state index contributed by atoms with van der Waals surface area (Å²) < 4.78 is 0. The fourth-order valence-corrected chi connectivity index (χ4v) is 3.39. The first-order valence-electron chi connectivity index (χ1n) is 5.03. The van der Waals surface area contributed by atoms with Gasteiger partial charge in [0.25, 0.3) is 5.91 Å². The van der Waals surface area contributed by atoms with E-state index in [0.717, 1.165) is 15.7 Å². The van der Waals surface area contributed by atoms with Crippen LogP contribution in [0.2, 0.25) is 5.02 Å². The number of hydrogen-bond acceptors (Lipinski definition) is 5. The molecule has 0 saturated carbocycles. The highest BCUT2D eigenvalue weighted by Gasteiger charge is 2.08. The normalized spacial score (nSPS) is 10.3. The quantitative estimate of drug-likeness (QED) is 0.394. The number of thioether (sulfide) groups is 1. The van der Waals surface area contributed by atoms with Crippen LogP contribution < -0.4 is 11.3 Å². The van der Waals surface area contributed by atoms with Crippen LogP contribution in [-0.2, 0) is 5.75 Å². The van der Waals surface area contributed by atoms with E-state index in [9.17, 15) is 4.79 Å². The van der Waals surface area contributed by atoms with Crippen LogP contribution >= 0.6 is 34.7 Å². The molecular formula is C11H10ClN3OS2. The molecule has 0 aromatic carbocycles. The van der Waals surface area contributed by atoms with Gasteiger partial charge >= 0.3 is 0 Å². The van der Waals surface area contributed by atoms with Crippen LogP contribution in [0, 0.1) is 0 Å². The van der Waals surface area contributed by atoms with E-state index in [2.05, 4.69) is 10.4 Å². The van der Waals surface area contributed by atoms with Gasteiger partial charge in [-0.15, -0.1) is 11.3 Å². The lowest BCUT2D eigenvalue weighted by atomic mass is 10.4. The third-order valence-electron chi connectivity index (χ3n) is 2.09. The van der Waals surface area contributed by atoms with Crippen LogP contribution in [0.15, 0.2) is 35.5 Å². The van der Waals surface area contributed by atoms with Gasteiger partial charge in [0, 0.05) is 16.8 Å². The van der Waals surface area contributed by atoms with Gasteiger partial charge in [0.1, 0.15) is 5.03 Å². The Balaban J connectivity index is 2.01. The molecule has 0 atom stereocenters. The minimum atomic E-state index is -0.271. The molecule has 0 aliphatic rings. The van der Waals surface area contributed by atoms with Crippen LogP contribution in [0.1, 0.15) is 14.5 Å². The summed E-state index contributed by atoms with van der Waals surface area (Å²) in [5.74, 6) is 5.52. The molecule has 0 bridgehead atoms. The second-order valence-corrected chi connectivity index (χ2v) is 5.86. The number of hydrazine groups is 1. The number of halogens is 1. The number of nitrogens with one attached hydrogen (secondary N) is 1. The Bertz CT molecular complexity index is 559. The van der Waals surface area contributed by atoms with Gasteiger partial charge in [-0.3, -0.25) is 10.2 Å². The topological polar surface area (TPSA) is 68.0 Å². The molecule has 2 aromatic heterocycles. The molecule has 2 aromatic rings. The molecule has 3 N–H and O–H groups in total. The smallest absolute Gasteiger partial charge is 0.275 e. The minimum Gasteiger partial charge on any atom is -0.289 e. The zero-order valence-electron chi connectivity index (χ0n) is 9.22. The standard InChI is InChI=1S/C11H10ClN3OS2/c12-8-2-1-5-14-11(8)17-6-7-3-4-9(18-7)10(16)15-13/h1-5H,6,13H2,(H,15,16). The number of nitrogens with zero attached hydrogens (tertiary/aromatic N) is 1. The predicted molar refractivity (Wildman–Crippen MR) is 74.8 cm³/mol. The second-order valence-electron chi connectivity index (χ2n) is 3.32. The number of pyridine rings is 1. The van der Waals surface area contributed by atoms with Crippen molar-refractivity contribution < 1.29 is 4.79 Å². The molecule has 0 fully saturated rings. The lowest BCUT2D eigenvalue weighted by Gasteiger charge is -2.00. The molecule has 2 rings (SSSR count).